The highest BCUT2D eigenvalue weighted by atomic mass is 35.5. The highest BCUT2D eigenvalue weighted by Gasteiger charge is 2.44. The maximum atomic E-state index is 14.6. The minimum absolute atomic E-state index is 0.000846. The Bertz CT molecular complexity index is 1190. The molecule has 1 aromatic rings. The van der Waals surface area contributed by atoms with E-state index in [-0.39, 0.29) is 60.4 Å². The fraction of sp³-hybridized carbons (Fsp3) is 0.794. The molecule has 3 saturated heterocycles. The number of nitrogens with two attached hydrogens (primary N) is 1. The van der Waals surface area contributed by atoms with Crippen molar-refractivity contribution in [2.45, 2.75) is 126 Å². The van der Waals surface area contributed by atoms with Crippen LogP contribution in [0.5, 0.6) is 0 Å². The Hall–Kier alpha value is -1.12. The average molecular weight is 707 g/mol. The third-order valence-corrected chi connectivity index (χ3v) is 13.3. The summed E-state index contributed by atoms with van der Waals surface area (Å²) in [5.74, 6) is -0.114. The van der Waals surface area contributed by atoms with Crippen molar-refractivity contribution in [3.8, 4) is 0 Å². The van der Waals surface area contributed by atoms with E-state index in [9.17, 15) is 27.1 Å². The number of ether oxygens (including phenoxy) is 1. The number of amides is 1. The quantitative estimate of drug-likeness (QED) is 0.193. The van der Waals surface area contributed by atoms with Gasteiger partial charge < -0.3 is 20.7 Å². The van der Waals surface area contributed by atoms with Gasteiger partial charge in [0.2, 0.25) is 5.91 Å². The Morgan fingerprint density at radius 3 is 2.62 bits per heavy atom. The summed E-state index contributed by atoms with van der Waals surface area (Å²) in [7, 11) is -2.84. The Morgan fingerprint density at radius 2 is 1.91 bits per heavy atom. The number of benzene rings is 1. The number of alkyl halides is 3. The van der Waals surface area contributed by atoms with Crippen molar-refractivity contribution in [2.24, 2.45) is 17.6 Å². The molecule has 0 radical (unpaired) electrons. The van der Waals surface area contributed by atoms with Gasteiger partial charge >= 0.3 is 6.18 Å². The zero-order chi connectivity index (χ0) is 34.0. The molecule has 8 atom stereocenters. The van der Waals surface area contributed by atoms with Crippen LogP contribution in [0.25, 0.3) is 0 Å². The molecule has 13 heteroatoms. The Morgan fingerprint density at radius 1 is 1.17 bits per heavy atom. The van der Waals surface area contributed by atoms with E-state index in [0.717, 1.165) is 56.9 Å². The number of hydrogen-bond acceptors (Lipinski definition) is 7. The lowest BCUT2D eigenvalue weighted by Gasteiger charge is -2.49. The second-order valence-electron chi connectivity index (χ2n) is 14.9. The largest absolute Gasteiger partial charge is 0.389 e. The predicted octanol–water partition coefficient (Wildman–Crippen LogP) is 7.18. The highest BCUT2D eigenvalue weighted by molar-refractivity contribution is 8.22. The lowest BCUT2D eigenvalue weighted by molar-refractivity contribution is -0.144. The van der Waals surface area contributed by atoms with Crippen LogP contribution in [0.1, 0.15) is 96.0 Å². The first-order valence-electron chi connectivity index (χ1n) is 17.4. The van der Waals surface area contributed by atoms with Gasteiger partial charge in [0, 0.05) is 61.7 Å². The summed E-state index contributed by atoms with van der Waals surface area (Å²) in [5, 5.41) is 4.15. The Labute approximate surface area is 284 Å². The van der Waals surface area contributed by atoms with Gasteiger partial charge in [-0.05, 0) is 101 Å². The van der Waals surface area contributed by atoms with Gasteiger partial charge in [0.15, 0.2) is 0 Å². The van der Waals surface area contributed by atoms with Crippen LogP contribution in [-0.4, -0.2) is 92.2 Å². The van der Waals surface area contributed by atoms with E-state index in [1.165, 1.54) is 0 Å². The number of fused-ring (bicyclic) bond motifs is 2. The van der Waals surface area contributed by atoms with Gasteiger partial charge in [-0.2, -0.15) is 13.2 Å². The third-order valence-electron chi connectivity index (χ3n) is 11.0. The van der Waals surface area contributed by atoms with Gasteiger partial charge in [0.1, 0.15) is 0 Å². The summed E-state index contributed by atoms with van der Waals surface area (Å²) in [6, 6.07) is 6.45. The molecule has 5 rings (SSSR count). The zero-order valence-corrected chi connectivity index (χ0v) is 29.3. The molecule has 2 bridgehead atoms. The number of rotatable bonds is 11. The van der Waals surface area contributed by atoms with Crippen molar-refractivity contribution >= 4 is 28.3 Å². The molecule has 1 aromatic carbocycles. The standard InChI is InChI=1S/C34H54ClF3N4O4S/c1-33(2)20-25(15-18-46-33)30(24-9-12-26(35)13-10-24)31(39)32(43)41(17-5-16-34(36,37)38)29-8-3-6-23(29)11-14-28-21-40-27-7-4-19-47(44,45)42(28)22-27/h9-10,12-13,23,25,27-31,40,44-45H,3-8,11,14-22,39H2,1-2H3/t23-,25?,27-,28+,29+,30+,31+/m1/s1. The van der Waals surface area contributed by atoms with Crippen LogP contribution in [0.4, 0.5) is 13.2 Å². The second-order valence-corrected chi connectivity index (χ2v) is 17.5. The summed E-state index contributed by atoms with van der Waals surface area (Å²) < 4.78 is 69.8. The maximum absolute atomic E-state index is 14.6. The summed E-state index contributed by atoms with van der Waals surface area (Å²) in [6.07, 6.45) is 1.61. The lowest BCUT2D eigenvalue weighted by Crippen LogP contribution is -2.56. The third kappa shape index (κ3) is 9.57. The fourth-order valence-corrected chi connectivity index (χ4v) is 10.7. The highest BCUT2D eigenvalue weighted by Crippen LogP contribution is 2.49. The average Bonchev–Trinajstić information content (AvgIpc) is 3.42. The smallest absolute Gasteiger partial charge is 0.376 e. The van der Waals surface area contributed by atoms with Crippen LogP contribution >= 0.6 is 22.4 Å². The topological polar surface area (TPSA) is 111 Å². The van der Waals surface area contributed by atoms with Crippen molar-refractivity contribution in [3.05, 3.63) is 34.9 Å². The summed E-state index contributed by atoms with van der Waals surface area (Å²) >= 11 is 6.22. The zero-order valence-electron chi connectivity index (χ0n) is 27.8. The molecule has 1 amide bonds. The van der Waals surface area contributed by atoms with Crippen LogP contribution in [0.15, 0.2) is 24.3 Å². The molecule has 268 valence electrons. The molecule has 8 nitrogen and oxygen atoms in total. The molecule has 5 N–H and O–H groups in total. The number of hydrogen-bond donors (Lipinski definition) is 4. The fourth-order valence-electron chi connectivity index (χ4n) is 8.72. The van der Waals surface area contributed by atoms with Crippen molar-refractivity contribution in [1.82, 2.24) is 14.5 Å². The molecular weight excluding hydrogens is 653 g/mol. The van der Waals surface area contributed by atoms with E-state index in [1.807, 2.05) is 30.3 Å². The second kappa shape index (κ2) is 15.4. The number of carbonyl (C=O) groups is 1. The van der Waals surface area contributed by atoms with Gasteiger partial charge in [-0.3, -0.25) is 13.9 Å². The number of piperazine rings is 1. The molecule has 4 aliphatic rings. The SMILES string of the molecule is CC1(C)CC([C@H](c2ccc(Cl)cc2)[C@H](N)C(=O)N(CCCC(F)(F)F)[C@H]2CCC[C@@H]2CC[C@H]2CN[C@@H]3CCCS(O)(O)N2C3)CCO1. The molecule has 3 aliphatic heterocycles. The van der Waals surface area contributed by atoms with Crippen LogP contribution in [-0.2, 0) is 9.53 Å². The number of carbonyl (C=O) groups excluding carboxylic acids is 1. The molecule has 2 unspecified atom stereocenters. The normalized spacial score (nSPS) is 32.6. The van der Waals surface area contributed by atoms with Gasteiger partial charge in [-0.1, -0.05) is 30.2 Å². The minimum atomic E-state index is -4.31. The van der Waals surface area contributed by atoms with Crippen LogP contribution in [0, 0.1) is 11.8 Å². The van der Waals surface area contributed by atoms with Gasteiger partial charge in [0.25, 0.3) is 0 Å². The number of halogens is 4. The van der Waals surface area contributed by atoms with E-state index in [0.29, 0.717) is 36.9 Å². The summed E-state index contributed by atoms with van der Waals surface area (Å²) in [5.41, 5.74) is 7.47. The predicted molar refractivity (Wildman–Crippen MR) is 182 cm³/mol. The number of nitrogens with one attached hydrogen (secondary N) is 1. The molecule has 0 spiro atoms. The minimum Gasteiger partial charge on any atom is -0.376 e. The molecule has 3 heterocycles. The van der Waals surface area contributed by atoms with Gasteiger partial charge in [-0.25, -0.2) is 4.31 Å². The maximum Gasteiger partial charge on any atom is 0.389 e. The molecular formula is C34H54ClF3N4O4S. The van der Waals surface area contributed by atoms with E-state index >= 15 is 0 Å². The van der Waals surface area contributed by atoms with E-state index < -0.39 is 29.4 Å². The van der Waals surface area contributed by atoms with Crippen LogP contribution in [0.2, 0.25) is 5.02 Å². The first-order valence-corrected chi connectivity index (χ1v) is 19.5. The summed E-state index contributed by atoms with van der Waals surface area (Å²) in [6.45, 7) is 5.88. The Balaban J connectivity index is 1.36. The van der Waals surface area contributed by atoms with Gasteiger partial charge in [0.05, 0.1) is 17.4 Å². The molecule has 47 heavy (non-hydrogen) atoms. The Kier molecular flexibility index (Phi) is 12.2. The summed E-state index contributed by atoms with van der Waals surface area (Å²) in [4.78, 5) is 16.3. The van der Waals surface area contributed by atoms with Gasteiger partial charge in [-0.15, -0.1) is 10.8 Å². The van der Waals surface area contributed by atoms with Crippen LogP contribution in [0.3, 0.4) is 0 Å². The first kappa shape index (κ1) is 37.1. The van der Waals surface area contributed by atoms with Crippen molar-refractivity contribution in [2.75, 3.05) is 32.0 Å². The van der Waals surface area contributed by atoms with E-state index in [1.54, 1.807) is 17.0 Å². The van der Waals surface area contributed by atoms with E-state index in [4.69, 9.17) is 22.1 Å². The van der Waals surface area contributed by atoms with E-state index in [2.05, 4.69) is 5.32 Å². The molecule has 1 aliphatic carbocycles. The van der Waals surface area contributed by atoms with Crippen molar-refractivity contribution < 1.29 is 31.8 Å². The molecule has 4 fully saturated rings. The monoisotopic (exact) mass is 706 g/mol. The van der Waals surface area contributed by atoms with Crippen LogP contribution < -0.4 is 11.1 Å². The van der Waals surface area contributed by atoms with Crippen molar-refractivity contribution in [3.63, 3.8) is 0 Å². The lowest BCUT2D eigenvalue weighted by atomic mass is 9.73. The first-order chi connectivity index (χ1) is 22.1. The molecule has 0 aromatic heterocycles. The van der Waals surface area contributed by atoms with Crippen molar-refractivity contribution in [1.29, 1.82) is 0 Å². The molecule has 1 saturated carbocycles. The number of nitrogens with zero attached hydrogens (tertiary/aromatic N) is 2.